The highest BCUT2D eigenvalue weighted by Crippen LogP contribution is 2.29. The zero-order valence-electron chi connectivity index (χ0n) is 18.7. The largest absolute Gasteiger partial charge is 0.436 e. The lowest BCUT2D eigenvalue weighted by atomic mass is 10.2. The summed E-state index contributed by atoms with van der Waals surface area (Å²) in [6.45, 7) is 0. The second kappa shape index (κ2) is 10.4. The van der Waals surface area contributed by atoms with Crippen molar-refractivity contribution in [1.82, 2.24) is 4.98 Å². The second-order valence-electron chi connectivity index (χ2n) is 7.94. The van der Waals surface area contributed by atoms with Crippen LogP contribution in [0.3, 0.4) is 0 Å². The van der Waals surface area contributed by atoms with Gasteiger partial charge >= 0.3 is 0 Å². The van der Waals surface area contributed by atoms with Gasteiger partial charge in [-0.05, 0) is 78.9 Å². The number of nitrogens with zero attached hydrogens (tertiary/aromatic N) is 1. The molecule has 0 aliphatic carbocycles. The average molecular weight is 571 g/mol. The van der Waals surface area contributed by atoms with Gasteiger partial charge in [0.15, 0.2) is 5.58 Å². The minimum absolute atomic E-state index is 0.297. The van der Waals surface area contributed by atoms with Crippen LogP contribution in [0.15, 0.2) is 83.3 Å². The molecule has 0 unspecified atom stereocenters. The number of carbonyl (C=O) groups excluding carboxylic acids is 2. The molecule has 6 nitrogen and oxygen atoms in total. The van der Waals surface area contributed by atoms with E-state index in [4.69, 9.17) is 50.8 Å². The SMILES string of the molecule is O=C(Nc1ccc(-c2nc3cc(NC(=O)c4ccc(Cl)c(Cl)c4)ccc3o2)cc1)c1ccc(Cl)c(Cl)c1. The van der Waals surface area contributed by atoms with E-state index < -0.39 is 0 Å². The summed E-state index contributed by atoms with van der Waals surface area (Å²) in [6, 6.07) is 21.5. The van der Waals surface area contributed by atoms with Crippen LogP contribution in [0.25, 0.3) is 22.6 Å². The van der Waals surface area contributed by atoms with Gasteiger partial charge in [0, 0.05) is 28.1 Å². The number of fused-ring (bicyclic) bond motifs is 1. The summed E-state index contributed by atoms with van der Waals surface area (Å²) >= 11 is 23.8. The van der Waals surface area contributed by atoms with Crippen molar-refractivity contribution in [3.05, 3.63) is 110 Å². The van der Waals surface area contributed by atoms with E-state index in [0.29, 0.717) is 65.1 Å². The number of hydrogen-bond donors (Lipinski definition) is 2. The Labute approximate surface area is 231 Å². The molecular formula is C27H15Cl4N3O3. The number of hydrogen-bond acceptors (Lipinski definition) is 4. The number of aromatic nitrogens is 1. The van der Waals surface area contributed by atoms with Crippen LogP contribution in [0.5, 0.6) is 0 Å². The van der Waals surface area contributed by atoms with Gasteiger partial charge in [-0.25, -0.2) is 4.98 Å². The van der Waals surface area contributed by atoms with Crippen LogP contribution in [-0.2, 0) is 0 Å². The Hall–Kier alpha value is -3.55. The molecule has 4 aromatic carbocycles. The standard InChI is InChI=1S/C27H15Cl4N3O3/c28-19-8-3-15(11-21(19)30)25(35)32-17-5-1-14(2-6-17)27-34-23-13-18(7-10-24(23)37-27)33-26(36)16-4-9-20(29)22(31)12-16/h1-13H,(H,32,35)(H,33,36). The van der Waals surface area contributed by atoms with E-state index in [2.05, 4.69) is 15.6 Å². The molecule has 2 N–H and O–H groups in total. The van der Waals surface area contributed by atoms with E-state index in [0.717, 1.165) is 0 Å². The van der Waals surface area contributed by atoms with Crippen LogP contribution in [-0.4, -0.2) is 16.8 Å². The zero-order chi connectivity index (χ0) is 26.1. The summed E-state index contributed by atoms with van der Waals surface area (Å²) in [5.74, 6) is -0.255. The fourth-order valence-corrected chi connectivity index (χ4v) is 4.10. The maximum Gasteiger partial charge on any atom is 0.255 e. The van der Waals surface area contributed by atoms with Gasteiger partial charge in [-0.1, -0.05) is 46.4 Å². The number of amides is 2. The van der Waals surface area contributed by atoms with Crippen molar-refractivity contribution >= 4 is 80.7 Å². The van der Waals surface area contributed by atoms with Gasteiger partial charge < -0.3 is 15.1 Å². The van der Waals surface area contributed by atoms with E-state index >= 15 is 0 Å². The van der Waals surface area contributed by atoms with Gasteiger partial charge in [0.2, 0.25) is 5.89 Å². The smallest absolute Gasteiger partial charge is 0.255 e. The Morgan fingerprint density at radius 3 is 1.73 bits per heavy atom. The molecule has 0 aliphatic rings. The fourth-order valence-electron chi connectivity index (χ4n) is 3.51. The lowest BCUT2D eigenvalue weighted by Crippen LogP contribution is -2.11. The first-order chi connectivity index (χ1) is 17.8. The van der Waals surface area contributed by atoms with Crippen molar-refractivity contribution < 1.29 is 14.0 Å². The molecule has 0 radical (unpaired) electrons. The van der Waals surface area contributed by atoms with E-state index in [9.17, 15) is 9.59 Å². The molecule has 184 valence electrons. The number of carbonyl (C=O) groups is 2. The van der Waals surface area contributed by atoms with Gasteiger partial charge in [-0.2, -0.15) is 0 Å². The van der Waals surface area contributed by atoms with Gasteiger partial charge in [0.25, 0.3) is 11.8 Å². The molecule has 5 aromatic rings. The topological polar surface area (TPSA) is 84.2 Å². The summed E-state index contributed by atoms with van der Waals surface area (Å²) in [7, 11) is 0. The number of anilines is 2. The van der Waals surface area contributed by atoms with Gasteiger partial charge in [-0.15, -0.1) is 0 Å². The molecule has 0 atom stereocenters. The number of oxazole rings is 1. The van der Waals surface area contributed by atoms with Crippen molar-refractivity contribution in [1.29, 1.82) is 0 Å². The van der Waals surface area contributed by atoms with Crippen molar-refractivity contribution in [2.24, 2.45) is 0 Å². The number of halogens is 4. The van der Waals surface area contributed by atoms with Gasteiger partial charge in [0.05, 0.1) is 20.1 Å². The minimum Gasteiger partial charge on any atom is -0.436 e. The van der Waals surface area contributed by atoms with E-state index in [1.807, 2.05) is 0 Å². The van der Waals surface area contributed by atoms with E-state index in [-0.39, 0.29) is 11.8 Å². The monoisotopic (exact) mass is 569 g/mol. The highest BCUT2D eigenvalue weighted by molar-refractivity contribution is 6.42. The number of benzene rings is 4. The molecule has 0 saturated heterocycles. The third kappa shape index (κ3) is 5.58. The molecule has 2 amide bonds. The summed E-state index contributed by atoms with van der Waals surface area (Å²) in [6.07, 6.45) is 0. The first-order valence-corrected chi connectivity index (χ1v) is 12.3. The van der Waals surface area contributed by atoms with E-state index in [1.54, 1.807) is 66.7 Å². The number of rotatable bonds is 5. The fraction of sp³-hybridized carbons (Fsp3) is 0. The molecule has 37 heavy (non-hydrogen) atoms. The maximum absolute atomic E-state index is 12.6. The van der Waals surface area contributed by atoms with Crippen LogP contribution in [0, 0.1) is 0 Å². The summed E-state index contributed by atoms with van der Waals surface area (Å²) in [5, 5.41) is 6.97. The first kappa shape index (κ1) is 25.1. The summed E-state index contributed by atoms with van der Waals surface area (Å²) in [5.41, 5.74) is 3.73. The van der Waals surface area contributed by atoms with Crippen LogP contribution in [0.1, 0.15) is 20.7 Å². The molecule has 10 heteroatoms. The Kier molecular flexibility index (Phi) is 7.09. The highest BCUT2D eigenvalue weighted by atomic mass is 35.5. The lowest BCUT2D eigenvalue weighted by molar-refractivity contribution is 0.101. The Morgan fingerprint density at radius 1 is 0.622 bits per heavy atom. The quantitative estimate of drug-likeness (QED) is 0.221. The van der Waals surface area contributed by atoms with Crippen LogP contribution >= 0.6 is 46.4 Å². The van der Waals surface area contributed by atoms with Crippen LogP contribution < -0.4 is 10.6 Å². The summed E-state index contributed by atoms with van der Waals surface area (Å²) < 4.78 is 5.87. The Bertz CT molecular complexity index is 1670. The molecular weight excluding hydrogens is 556 g/mol. The molecule has 0 fully saturated rings. The van der Waals surface area contributed by atoms with Gasteiger partial charge in [-0.3, -0.25) is 9.59 Å². The van der Waals surface area contributed by atoms with Crippen molar-refractivity contribution in [3.63, 3.8) is 0 Å². The van der Waals surface area contributed by atoms with Crippen molar-refractivity contribution in [3.8, 4) is 11.5 Å². The predicted octanol–water partition coefficient (Wildman–Crippen LogP) is 8.61. The zero-order valence-corrected chi connectivity index (χ0v) is 21.7. The van der Waals surface area contributed by atoms with Crippen LogP contribution in [0.2, 0.25) is 20.1 Å². The highest BCUT2D eigenvalue weighted by Gasteiger charge is 2.13. The first-order valence-electron chi connectivity index (χ1n) is 10.8. The molecule has 1 aromatic heterocycles. The van der Waals surface area contributed by atoms with Crippen molar-refractivity contribution in [2.45, 2.75) is 0 Å². The molecule has 0 aliphatic heterocycles. The average Bonchev–Trinajstić information content (AvgIpc) is 3.31. The normalized spacial score (nSPS) is 10.9. The lowest BCUT2D eigenvalue weighted by Gasteiger charge is -2.06. The Morgan fingerprint density at radius 2 is 1.16 bits per heavy atom. The predicted molar refractivity (Wildman–Crippen MR) is 148 cm³/mol. The molecule has 0 spiro atoms. The molecule has 0 saturated carbocycles. The molecule has 5 rings (SSSR count). The van der Waals surface area contributed by atoms with Crippen molar-refractivity contribution in [2.75, 3.05) is 10.6 Å². The van der Waals surface area contributed by atoms with Crippen LogP contribution in [0.4, 0.5) is 11.4 Å². The van der Waals surface area contributed by atoms with Gasteiger partial charge in [0.1, 0.15) is 5.52 Å². The summed E-state index contributed by atoms with van der Waals surface area (Å²) in [4.78, 5) is 29.6. The second-order valence-corrected chi connectivity index (χ2v) is 9.57. The molecule has 0 bridgehead atoms. The third-order valence-corrected chi connectivity index (χ3v) is 6.88. The Balaban J connectivity index is 1.30. The van der Waals surface area contributed by atoms with E-state index in [1.165, 1.54) is 12.1 Å². The minimum atomic E-state index is -0.333. The number of nitrogens with one attached hydrogen (secondary N) is 2. The molecule has 1 heterocycles. The third-order valence-electron chi connectivity index (χ3n) is 5.40. The maximum atomic E-state index is 12.6.